The first-order chi connectivity index (χ1) is 14.0. The summed E-state index contributed by atoms with van der Waals surface area (Å²) in [5, 5.41) is 3.87. The molecule has 2 aliphatic rings. The molecule has 0 radical (unpaired) electrons. The van der Waals surface area contributed by atoms with E-state index in [4.69, 9.17) is 9.26 Å². The molecule has 2 aliphatic heterocycles. The van der Waals surface area contributed by atoms with Crippen molar-refractivity contribution in [1.82, 2.24) is 19.9 Å². The summed E-state index contributed by atoms with van der Waals surface area (Å²) in [5.41, 5.74) is -0.423. The van der Waals surface area contributed by atoms with E-state index in [1.807, 2.05) is 0 Å². The van der Waals surface area contributed by atoms with Gasteiger partial charge in [-0.25, -0.2) is 0 Å². The Hall–Kier alpha value is -1.97. The van der Waals surface area contributed by atoms with Crippen LogP contribution in [-0.2, 0) is 17.5 Å². The van der Waals surface area contributed by atoms with E-state index < -0.39 is 11.7 Å². The van der Waals surface area contributed by atoms with Crippen molar-refractivity contribution < 1.29 is 22.4 Å². The van der Waals surface area contributed by atoms with Gasteiger partial charge >= 0.3 is 6.18 Å². The zero-order valence-corrected chi connectivity index (χ0v) is 16.2. The molecule has 1 aromatic heterocycles. The second kappa shape index (κ2) is 8.81. The van der Waals surface area contributed by atoms with Crippen molar-refractivity contribution in [2.24, 2.45) is 0 Å². The Morgan fingerprint density at radius 3 is 2.69 bits per heavy atom. The quantitative estimate of drug-likeness (QED) is 0.753. The van der Waals surface area contributed by atoms with Crippen molar-refractivity contribution in [3.05, 3.63) is 35.7 Å². The number of aromatic nitrogens is 2. The van der Waals surface area contributed by atoms with Gasteiger partial charge in [0.15, 0.2) is 0 Å². The molecule has 2 fully saturated rings. The van der Waals surface area contributed by atoms with E-state index in [-0.39, 0.29) is 5.82 Å². The zero-order valence-electron chi connectivity index (χ0n) is 16.2. The molecule has 1 atom stereocenters. The molecule has 9 heteroatoms. The van der Waals surface area contributed by atoms with Crippen molar-refractivity contribution in [3.63, 3.8) is 0 Å². The standard InChI is InChI=1S/C20H25F3N4O2/c21-20(22,23)16-5-1-4-15(12-16)19-24-18(29-25-19)14-27-8-3-7-26(9-10-27)13-17-6-2-11-28-17/h1,4-5,12,17H,2-3,6-11,13-14H2/t17-/m1/s1. The van der Waals surface area contributed by atoms with Crippen LogP contribution in [0.1, 0.15) is 30.7 Å². The Balaban J connectivity index is 1.34. The Kier molecular flexibility index (Phi) is 6.17. The first kappa shape index (κ1) is 20.3. The molecule has 0 N–H and O–H groups in total. The fourth-order valence-corrected chi connectivity index (χ4v) is 3.90. The molecule has 2 saturated heterocycles. The number of nitrogens with zero attached hydrogens (tertiary/aromatic N) is 4. The molecule has 6 nitrogen and oxygen atoms in total. The van der Waals surface area contributed by atoms with Gasteiger partial charge in [0, 0.05) is 31.8 Å². The van der Waals surface area contributed by atoms with Gasteiger partial charge in [-0.2, -0.15) is 18.2 Å². The average Bonchev–Trinajstić information content (AvgIpc) is 3.32. The normalized spacial score (nSPS) is 22.1. The maximum Gasteiger partial charge on any atom is 0.416 e. The van der Waals surface area contributed by atoms with E-state index in [1.54, 1.807) is 6.07 Å². The number of halogens is 3. The minimum Gasteiger partial charge on any atom is -0.377 e. The van der Waals surface area contributed by atoms with Crippen molar-refractivity contribution >= 4 is 0 Å². The molecule has 158 valence electrons. The van der Waals surface area contributed by atoms with Crippen LogP contribution in [0.5, 0.6) is 0 Å². The molecule has 1 aromatic carbocycles. The number of ether oxygens (including phenoxy) is 1. The number of hydrogen-bond acceptors (Lipinski definition) is 6. The second-order valence-corrected chi connectivity index (χ2v) is 7.66. The highest BCUT2D eigenvalue weighted by Crippen LogP contribution is 2.31. The van der Waals surface area contributed by atoms with Crippen LogP contribution in [0.3, 0.4) is 0 Å². The van der Waals surface area contributed by atoms with Crippen molar-refractivity contribution in [3.8, 4) is 11.4 Å². The number of benzene rings is 1. The van der Waals surface area contributed by atoms with Gasteiger partial charge in [0.1, 0.15) is 0 Å². The highest BCUT2D eigenvalue weighted by molar-refractivity contribution is 5.55. The number of alkyl halides is 3. The molecule has 0 amide bonds. The summed E-state index contributed by atoms with van der Waals surface area (Å²) in [6, 6.07) is 4.98. The summed E-state index contributed by atoms with van der Waals surface area (Å²) in [6.45, 7) is 6.14. The molecule has 0 saturated carbocycles. The van der Waals surface area contributed by atoms with Gasteiger partial charge in [-0.3, -0.25) is 9.80 Å². The zero-order chi connectivity index (χ0) is 20.3. The van der Waals surface area contributed by atoms with Gasteiger partial charge in [-0.1, -0.05) is 17.3 Å². The molecular weight excluding hydrogens is 385 g/mol. The topological polar surface area (TPSA) is 54.6 Å². The molecule has 0 bridgehead atoms. The SMILES string of the molecule is FC(F)(F)c1cccc(-c2noc(CN3CCCN(C[C@H]4CCCO4)CC3)n2)c1. The first-order valence-corrected chi connectivity index (χ1v) is 10.0. The van der Waals surface area contributed by atoms with Crippen LogP contribution in [-0.4, -0.2) is 65.4 Å². The lowest BCUT2D eigenvalue weighted by atomic mass is 10.1. The van der Waals surface area contributed by atoms with Gasteiger partial charge < -0.3 is 9.26 Å². The predicted molar refractivity (Wildman–Crippen MR) is 100 cm³/mol. The molecule has 0 aliphatic carbocycles. The third kappa shape index (κ3) is 5.34. The minimum atomic E-state index is -4.40. The largest absolute Gasteiger partial charge is 0.416 e. The Morgan fingerprint density at radius 2 is 1.90 bits per heavy atom. The van der Waals surface area contributed by atoms with Crippen LogP contribution in [0, 0.1) is 0 Å². The molecule has 2 aromatic rings. The smallest absolute Gasteiger partial charge is 0.377 e. The van der Waals surface area contributed by atoms with Crippen LogP contribution in [0.25, 0.3) is 11.4 Å². The van der Waals surface area contributed by atoms with Crippen molar-refractivity contribution in [1.29, 1.82) is 0 Å². The van der Waals surface area contributed by atoms with Crippen molar-refractivity contribution in [2.75, 3.05) is 39.3 Å². The van der Waals surface area contributed by atoms with Crippen LogP contribution >= 0.6 is 0 Å². The molecule has 0 unspecified atom stereocenters. The van der Waals surface area contributed by atoms with E-state index >= 15 is 0 Å². The fraction of sp³-hybridized carbons (Fsp3) is 0.600. The van der Waals surface area contributed by atoms with Gasteiger partial charge in [0.2, 0.25) is 11.7 Å². The van der Waals surface area contributed by atoms with Crippen LogP contribution in [0.2, 0.25) is 0 Å². The molecule has 29 heavy (non-hydrogen) atoms. The van der Waals surface area contributed by atoms with E-state index in [9.17, 15) is 13.2 Å². The van der Waals surface area contributed by atoms with Gasteiger partial charge in [0.05, 0.1) is 18.2 Å². The van der Waals surface area contributed by atoms with Crippen LogP contribution in [0.15, 0.2) is 28.8 Å². The highest BCUT2D eigenvalue weighted by Gasteiger charge is 2.31. The van der Waals surface area contributed by atoms with E-state index in [0.29, 0.717) is 24.1 Å². The predicted octanol–water partition coefficient (Wildman–Crippen LogP) is 3.44. The van der Waals surface area contributed by atoms with Crippen LogP contribution < -0.4 is 0 Å². The third-order valence-electron chi connectivity index (χ3n) is 5.44. The summed E-state index contributed by atoms with van der Waals surface area (Å²) in [6.07, 6.45) is -0.713. The molecule has 0 spiro atoms. The number of hydrogen-bond donors (Lipinski definition) is 0. The third-order valence-corrected chi connectivity index (χ3v) is 5.44. The number of rotatable bonds is 5. The Labute approximate surface area is 167 Å². The summed E-state index contributed by atoms with van der Waals surface area (Å²) in [4.78, 5) is 9.00. The first-order valence-electron chi connectivity index (χ1n) is 10.0. The minimum absolute atomic E-state index is 0.181. The Bertz CT molecular complexity index is 805. The Morgan fingerprint density at radius 1 is 1.07 bits per heavy atom. The van der Waals surface area contributed by atoms with Gasteiger partial charge in [-0.05, 0) is 44.5 Å². The molecule has 3 heterocycles. The van der Waals surface area contributed by atoms with Gasteiger partial charge in [-0.15, -0.1) is 0 Å². The maximum absolute atomic E-state index is 12.9. The lowest BCUT2D eigenvalue weighted by molar-refractivity contribution is -0.137. The monoisotopic (exact) mass is 410 g/mol. The van der Waals surface area contributed by atoms with Gasteiger partial charge in [0.25, 0.3) is 0 Å². The summed E-state index contributed by atoms with van der Waals surface area (Å²) in [5.74, 6) is 0.603. The lowest BCUT2D eigenvalue weighted by Crippen LogP contribution is -2.35. The van der Waals surface area contributed by atoms with Crippen LogP contribution in [0.4, 0.5) is 13.2 Å². The molecule has 4 rings (SSSR count). The maximum atomic E-state index is 12.9. The summed E-state index contributed by atoms with van der Waals surface area (Å²) >= 11 is 0. The summed E-state index contributed by atoms with van der Waals surface area (Å²) < 4.78 is 49.8. The van der Waals surface area contributed by atoms with E-state index in [2.05, 4.69) is 19.9 Å². The lowest BCUT2D eigenvalue weighted by Gasteiger charge is -2.23. The fourth-order valence-electron chi connectivity index (χ4n) is 3.90. The van der Waals surface area contributed by atoms with Crippen molar-refractivity contribution in [2.45, 2.75) is 38.1 Å². The second-order valence-electron chi connectivity index (χ2n) is 7.66. The van der Waals surface area contributed by atoms with E-state index in [0.717, 1.165) is 70.7 Å². The van der Waals surface area contributed by atoms with E-state index in [1.165, 1.54) is 6.07 Å². The summed E-state index contributed by atoms with van der Waals surface area (Å²) in [7, 11) is 0. The average molecular weight is 410 g/mol. The molecular formula is C20H25F3N4O2. The highest BCUT2D eigenvalue weighted by atomic mass is 19.4.